The van der Waals surface area contributed by atoms with Gasteiger partial charge in [0.25, 0.3) is 0 Å². The van der Waals surface area contributed by atoms with Crippen LogP contribution < -0.4 is 5.32 Å². The number of rotatable bonds is 2. The molecular weight excluding hydrogens is 319 g/mol. The van der Waals surface area contributed by atoms with Crippen molar-refractivity contribution in [2.75, 3.05) is 5.32 Å². The van der Waals surface area contributed by atoms with Gasteiger partial charge in [-0.1, -0.05) is 25.7 Å². The van der Waals surface area contributed by atoms with E-state index in [4.69, 9.17) is 0 Å². The van der Waals surface area contributed by atoms with E-state index in [0.29, 0.717) is 10.2 Å². The first kappa shape index (κ1) is 14.7. The maximum absolute atomic E-state index is 12.7. The monoisotopic (exact) mass is 335 g/mol. The molecule has 0 aromatic heterocycles. The number of hydrogen-bond acceptors (Lipinski definition) is 1. The Morgan fingerprint density at radius 3 is 2.26 bits per heavy atom. The number of hydrogen-bond donors (Lipinski definition) is 1. The van der Waals surface area contributed by atoms with E-state index in [1.807, 2.05) is 0 Å². The van der Waals surface area contributed by atoms with Gasteiger partial charge in [-0.05, 0) is 47.0 Å². The van der Waals surface area contributed by atoms with Gasteiger partial charge < -0.3 is 5.32 Å². The van der Waals surface area contributed by atoms with Crippen molar-refractivity contribution < 1.29 is 13.2 Å². The third-order valence-corrected chi connectivity index (χ3v) is 4.20. The van der Waals surface area contributed by atoms with Gasteiger partial charge in [-0.3, -0.25) is 0 Å². The van der Waals surface area contributed by atoms with Crippen molar-refractivity contribution in [1.82, 2.24) is 0 Å². The van der Waals surface area contributed by atoms with Crippen LogP contribution in [0.5, 0.6) is 0 Å². The molecule has 19 heavy (non-hydrogen) atoms. The lowest BCUT2D eigenvalue weighted by molar-refractivity contribution is -0.137. The molecule has 1 N–H and O–H groups in total. The lowest BCUT2D eigenvalue weighted by atomic mass is 10.1. The molecule has 0 amide bonds. The molecular formula is C14H17BrF3N. The number of halogens is 4. The number of alkyl halides is 3. The van der Waals surface area contributed by atoms with Crippen molar-refractivity contribution in [3.8, 4) is 0 Å². The molecule has 2 rings (SSSR count). The van der Waals surface area contributed by atoms with Crippen LogP contribution in [0, 0.1) is 0 Å². The van der Waals surface area contributed by atoms with Gasteiger partial charge in [0.1, 0.15) is 0 Å². The predicted octanol–water partition coefficient (Wildman–Crippen LogP) is 5.60. The maximum Gasteiger partial charge on any atom is 0.416 e. The molecule has 1 aromatic rings. The Morgan fingerprint density at radius 1 is 1.05 bits per heavy atom. The van der Waals surface area contributed by atoms with Gasteiger partial charge in [0, 0.05) is 16.2 Å². The minimum absolute atomic E-state index is 0.280. The Morgan fingerprint density at radius 2 is 1.68 bits per heavy atom. The summed E-state index contributed by atoms with van der Waals surface area (Å²) in [6.07, 6.45) is 2.51. The van der Waals surface area contributed by atoms with Crippen LogP contribution in [0.3, 0.4) is 0 Å². The summed E-state index contributed by atoms with van der Waals surface area (Å²) in [6.45, 7) is 0. The maximum atomic E-state index is 12.7. The second-order valence-corrected chi connectivity index (χ2v) is 5.88. The van der Waals surface area contributed by atoms with E-state index in [9.17, 15) is 13.2 Å². The topological polar surface area (TPSA) is 12.0 Å². The van der Waals surface area contributed by atoms with E-state index in [1.54, 1.807) is 0 Å². The molecule has 0 heterocycles. The van der Waals surface area contributed by atoms with E-state index in [1.165, 1.54) is 25.0 Å². The SMILES string of the molecule is FC(F)(F)c1ccc(Br)c(NC2CCCCCC2)c1. The minimum atomic E-state index is -4.29. The van der Waals surface area contributed by atoms with Crippen molar-refractivity contribution in [2.45, 2.75) is 50.7 Å². The molecule has 1 fully saturated rings. The third-order valence-electron chi connectivity index (χ3n) is 3.51. The van der Waals surface area contributed by atoms with Crippen LogP contribution in [-0.4, -0.2) is 6.04 Å². The lowest BCUT2D eigenvalue weighted by Crippen LogP contribution is -2.19. The van der Waals surface area contributed by atoms with Gasteiger partial charge >= 0.3 is 6.18 Å². The summed E-state index contributed by atoms with van der Waals surface area (Å²) in [5.74, 6) is 0. The Hall–Kier alpha value is -0.710. The predicted molar refractivity (Wildman–Crippen MR) is 74.3 cm³/mol. The molecule has 0 atom stereocenters. The third kappa shape index (κ3) is 4.13. The number of nitrogens with one attached hydrogen (secondary N) is 1. The highest BCUT2D eigenvalue weighted by Gasteiger charge is 2.31. The lowest BCUT2D eigenvalue weighted by Gasteiger charge is -2.20. The molecule has 0 radical (unpaired) electrons. The zero-order chi connectivity index (χ0) is 13.9. The normalized spacial score (nSPS) is 18.1. The summed E-state index contributed by atoms with van der Waals surface area (Å²) in [6, 6.07) is 4.03. The van der Waals surface area contributed by atoms with Crippen LogP contribution in [0.1, 0.15) is 44.1 Å². The van der Waals surface area contributed by atoms with Crippen LogP contribution in [-0.2, 0) is 6.18 Å². The van der Waals surface area contributed by atoms with Crippen LogP contribution in [0.25, 0.3) is 0 Å². The molecule has 0 saturated heterocycles. The zero-order valence-corrected chi connectivity index (χ0v) is 12.1. The van der Waals surface area contributed by atoms with Gasteiger partial charge in [0.2, 0.25) is 0 Å². The minimum Gasteiger partial charge on any atom is -0.381 e. The summed E-state index contributed by atoms with van der Waals surface area (Å²) in [5.41, 5.74) is -0.0615. The molecule has 0 spiro atoms. The molecule has 106 valence electrons. The fourth-order valence-electron chi connectivity index (χ4n) is 2.46. The van der Waals surface area contributed by atoms with E-state index in [-0.39, 0.29) is 6.04 Å². The van der Waals surface area contributed by atoms with Gasteiger partial charge in [0.15, 0.2) is 0 Å². The van der Waals surface area contributed by atoms with Crippen LogP contribution in [0.2, 0.25) is 0 Å². The van der Waals surface area contributed by atoms with Crippen LogP contribution in [0.4, 0.5) is 18.9 Å². The molecule has 1 aromatic carbocycles. The van der Waals surface area contributed by atoms with Gasteiger partial charge in [-0.25, -0.2) is 0 Å². The average Bonchev–Trinajstić information content (AvgIpc) is 2.59. The van der Waals surface area contributed by atoms with Crippen molar-refractivity contribution in [3.63, 3.8) is 0 Å². The van der Waals surface area contributed by atoms with E-state index >= 15 is 0 Å². The van der Waals surface area contributed by atoms with Crippen LogP contribution >= 0.6 is 15.9 Å². The second-order valence-electron chi connectivity index (χ2n) is 5.03. The Labute approximate surface area is 119 Å². The van der Waals surface area contributed by atoms with Gasteiger partial charge in [-0.15, -0.1) is 0 Å². The van der Waals surface area contributed by atoms with E-state index in [0.717, 1.165) is 31.7 Å². The Bertz CT molecular complexity index is 423. The summed E-state index contributed by atoms with van der Waals surface area (Å²) < 4.78 is 38.8. The summed E-state index contributed by atoms with van der Waals surface area (Å²) in [4.78, 5) is 0. The summed E-state index contributed by atoms with van der Waals surface area (Å²) in [5, 5.41) is 3.25. The molecule has 0 bridgehead atoms. The average molecular weight is 336 g/mol. The first-order chi connectivity index (χ1) is 8.97. The number of benzene rings is 1. The first-order valence-corrected chi connectivity index (χ1v) is 7.39. The highest BCUT2D eigenvalue weighted by molar-refractivity contribution is 9.10. The smallest absolute Gasteiger partial charge is 0.381 e. The zero-order valence-electron chi connectivity index (χ0n) is 10.6. The highest BCUT2D eigenvalue weighted by Crippen LogP contribution is 2.35. The van der Waals surface area contributed by atoms with Crippen molar-refractivity contribution >= 4 is 21.6 Å². The first-order valence-electron chi connectivity index (χ1n) is 6.60. The summed E-state index contributed by atoms with van der Waals surface area (Å²) in [7, 11) is 0. The fourth-order valence-corrected chi connectivity index (χ4v) is 2.82. The molecule has 1 saturated carbocycles. The van der Waals surface area contributed by atoms with Crippen molar-refractivity contribution in [3.05, 3.63) is 28.2 Å². The summed E-state index contributed by atoms with van der Waals surface area (Å²) >= 11 is 3.31. The largest absolute Gasteiger partial charge is 0.416 e. The van der Waals surface area contributed by atoms with Crippen molar-refractivity contribution in [1.29, 1.82) is 0 Å². The van der Waals surface area contributed by atoms with Gasteiger partial charge in [-0.2, -0.15) is 13.2 Å². The van der Waals surface area contributed by atoms with Crippen molar-refractivity contribution in [2.24, 2.45) is 0 Å². The quantitative estimate of drug-likeness (QED) is 0.693. The standard InChI is InChI=1S/C14H17BrF3N/c15-12-8-7-10(14(16,17)18)9-13(12)19-11-5-3-1-2-4-6-11/h7-9,11,19H,1-6H2. The molecule has 1 aliphatic carbocycles. The van der Waals surface area contributed by atoms with E-state index in [2.05, 4.69) is 21.2 Å². The molecule has 1 aliphatic rings. The second kappa shape index (κ2) is 6.16. The molecule has 1 nitrogen and oxygen atoms in total. The fraction of sp³-hybridized carbons (Fsp3) is 0.571. The van der Waals surface area contributed by atoms with E-state index < -0.39 is 11.7 Å². The molecule has 5 heteroatoms. The molecule has 0 unspecified atom stereocenters. The molecule has 0 aliphatic heterocycles. The highest BCUT2D eigenvalue weighted by atomic mass is 79.9. The Balaban J connectivity index is 2.14. The van der Waals surface area contributed by atoms with Gasteiger partial charge in [0.05, 0.1) is 5.56 Å². The Kier molecular flexibility index (Phi) is 4.76. The number of anilines is 1. The van der Waals surface area contributed by atoms with Crippen LogP contribution in [0.15, 0.2) is 22.7 Å².